The summed E-state index contributed by atoms with van der Waals surface area (Å²) in [6.45, 7) is 12.9. The number of anilines is 1. The van der Waals surface area contributed by atoms with E-state index in [-0.39, 0.29) is 10.7 Å². The van der Waals surface area contributed by atoms with E-state index in [0.717, 1.165) is 24.4 Å². The number of para-hydroxylation sites is 1. The second-order valence-electron chi connectivity index (χ2n) is 8.46. The van der Waals surface area contributed by atoms with Crippen molar-refractivity contribution in [3.63, 3.8) is 0 Å². The second-order valence-corrected chi connectivity index (χ2v) is 10.2. The molecule has 162 valence electrons. The van der Waals surface area contributed by atoms with Gasteiger partial charge in [0.15, 0.2) is 0 Å². The van der Waals surface area contributed by atoms with Gasteiger partial charge in [-0.05, 0) is 57.1 Å². The van der Waals surface area contributed by atoms with Gasteiger partial charge in [-0.1, -0.05) is 61.0 Å². The summed E-state index contributed by atoms with van der Waals surface area (Å²) in [5.74, 6) is 5.70. The van der Waals surface area contributed by atoms with Crippen molar-refractivity contribution in [2.24, 2.45) is 0 Å². The Bertz CT molecular complexity index is 806. The van der Waals surface area contributed by atoms with Crippen LogP contribution in [0.5, 0.6) is 0 Å². The van der Waals surface area contributed by atoms with E-state index in [9.17, 15) is 0 Å². The van der Waals surface area contributed by atoms with Gasteiger partial charge in [0, 0.05) is 36.6 Å². The molecule has 1 aliphatic heterocycles. The van der Waals surface area contributed by atoms with E-state index in [1.165, 1.54) is 30.8 Å². The summed E-state index contributed by atoms with van der Waals surface area (Å²) in [7, 11) is 2.18. The van der Waals surface area contributed by atoms with Gasteiger partial charge in [-0.25, -0.2) is 0 Å². The summed E-state index contributed by atoms with van der Waals surface area (Å²) in [6.07, 6.45) is 3.08. The molecule has 1 fully saturated rings. The summed E-state index contributed by atoms with van der Waals surface area (Å²) < 4.78 is 2.47. The van der Waals surface area contributed by atoms with E-state index in [1.54, 1.807) is 0 Å². The molecular formula is C26H37N3S. The Hall–Kier alpha value is -1.88. The highest BCUT2D eigenvalue weighted by molar-refractivity contribution is 8.15. The molecule has 1 aliphatic rings. The molecule has 30 heavy (non-hydrogen) atoms. The molecule has 0 spiro atoms. The molecule has 0 aliphatic carbocycles. The first-order valence-electron chi connectivity index (χ1n) is 11.0. The third-order valence-electron chi connectivity index (χ3n) is 6.19. The SMILES string of the molecule is C=Cc1ccc(CN(c2ccccc2)S(=C)CCCN2CC(C)N(C)C(C)C2)cc1. The first-order valence-corrected chi connectivity index (χ1v) is 12.5. The average molecular weight is 424 g/mol. The lowest BCUT2D eigenvalue weighted by Gasteiger charge is -2.42. The van der Waals surface area contributed by atoms with Crippen molar-refractivity contribution < 1.29 is 0 Å². The van der Waals surface area contributed by atoms with Gasteiger partial charge in [0.2, 0.25) is 0 Å². The minimum Gasteiger partial charge on any atom is -0.318 e. The van der Waals surface area contributed by atoms with Crippen LogP contribution in [0, 0.1) is 0 Å². The van der Waals surface area contributed by atoms with Crippen LogP contribution in [0.1, 0.15) is 31.4 Å². The second kappa shape index (κ2) is 10.9. The van der Waals surface area contributed by atoms with Gasteiger partial charge >= 0.3 is 0 Å². The van der Waals surface area contributed by atoms with Gasteiger partial charge in [0.05, 0.1) is 6.54 Å². The first-order chi connectivity index (χ1) is 14.5. The average Bonchev–Trinajstić information content (AvgIpc) is 2.76. The van der Waals surface area contributed by atoms with E-state index in [2.05, 4.69) is 102 Å². The number of rotatable bonds is 9. The number of hydrogen-bond acceptors (Lipinski definition) is 3. The fourth-order valence-corrected chi connectivity index (χ4v) is 5.55. The first kappa shape index (κ1) is 22.8. The Morgan fingerprint density at radius 2 is 1.67 bits per heavy atom. The molecule has 3 nitrogen and oxygen atoms in total. The summed E-state index contributed by atoms with van der Waals surface area (Å²) in [6, 6.07) is 20.7. The van der Waals surface area contributed by atoms with Crippen molar-refractivity contribution >= 4 is 28.3 Å². The zero-order valence-corrected chi connectivity index (χ0v) is 19.7. The molecule has 0 aromatic heterocycles. The quantitative estimate of drug-likeness (QED) is 0.502. The Balaban J connectivity index is 1.61. The van der Waals surface area contributed by atoms with Gasteiger partial charge in [0.25, 0.3) is 0 Å². The molecule has 3 unspecified atom stereocenters. The zero-order chi connectivity index (χ0) is 21.5. The number of piperazine rings is 1. The number of benzene rings is 2. The van der Waals surface area contributed by atoms with Gasteiger partial charge in [-0.2, -0.15) is 0 Å². The topological polar surface area (TPSA) is 9.72 Å². The van der Waals surface area contributed by atoms with E-state index < -0.39 is 0 Å². The minimum absolute atomic E-state index is 0.0692. The maximum Gasteiger partial charge on any atom is 0.0540 e. The van der Waals surface area contributed by atoms with Crippen molar-refractivity contribution in [3.05, 3.63) is 72.3 Å². The van der Waals surface area contributed by atoms with Gasteiger partial charge in [-0.3, -0.25) is 4.90 Å². The Kier molecular flexibility index (Phi) is 8.32. The highest BCUT2D eigenvalue weighted by Gasteiger charge is 2.25. The highest BCUT2D eigenvalue weighted by atomic mass is 32.2. The van der Waals surface area contributed by atoms with Crippen LogP contribution >= 0.6 is 10.7 Å². The largest absolute Gasteiger partial charge is 0.318 e. The van der Waals surface area contributed by atoms with Crippen LogP contribution in [0.3, 0.4) is 0 Å². The van der Waals surface area contributed by atoms with Crippen LogP contribution in [-0.4, -0.2) is 60.2 Å². The molecule has 2 aromatic rings. The molecule has 0 radical (unpaired) electrons. The molecule has 2 aromatic carbocycles. The van der Waals surface area contributed by atoms with Crippen molar-refractivity contribution in [3.8, 4) is 0 Å². The van der Waals surface area contributed by atoms with E-state index in [4.69, 9.17) is 0 Å². The predicted octanol–water partition coefficient (Wildman–Crippen LogP) is 5.37. The van der Waals surface area contributed by atoms with Crippen LogP contribution in [0.2, 0.25) is 0 Å². The molecule has 1 saturated heterocycles. The molecule has 0 N–H and O–H groups in total. The molecule has 1 heterocycles. The van der Waals surface area contributed by atoms with Crippen molar-refractivity contribution in [2.45, 2.75) is 38.9 Å². The molecule has 0 amide bonds. The smallest absolute Gasteiger partial charge is 0.0540 e. The van der Waals surface area contributed by atoms with Crippen LogP contribution in [0.15, 0.2) is 61.2 Å². The highest BCUT2D eigenvalue weighted by Crippen LogP contribution is 2.30. The Morgan fingerprint density at radius 3 is 2.27 bits per heavy atom. The van der Waals surface area contributed by atoms with Crippen LogP contribution in [0.4, 0.5) is 5.69 Å². The van der Waals surface area contributed by atoms with E-state index in [1.807, 2.05) is 6.08 Å². The molecule has 3 rings (SSSR count). The van der Waals surface area contributed by atoms with Crippen molar-refractivity contribution in [1.29, 1.82) is 0 Å². The maximum absolute atomic E-state index is 4.58. The monoisotopic (exact) mass is 423 g/mol. The molecule has 0 saturated carbocycles. The standard InChI is InChI=1S/C26H37N3S/c1-6-24-13-15-25(16-14-24)21-29(26-11-8-7-9-12-26)30(5)18-10-17-28-19-22(2)27(4)23(3)20-28/h6-9,11-16,22-23H,1,5,10,17-21H2,2-4H3. The predicted molar refractivity (Wildman–Crippen MR) is 136 cm³/mol. The maximum atomic E-state index is 4.58. The number of hydrogen-bond donors (Lipinski definition) is 0. The van der Waals surface area contributed by atoms with Crippen molar-refractivity contribution in [2.75, 3.05) is 36.7 Å². The molecule has 3 atom stereocenters. The van der Waals surface area contributed by atoms with Gasteiger partial charge in [-0.15, -0.1) is 10.7 Å². The third-order valence-corrected chi connectivity index (χ3v) is 7.91. The fraction of sp³-hybridized carbons (Fsp3) is 0.423. The van der Waals surface area contributed by atoms with Crippen LogP contribution < -0.4 is 4.31 Å². The normalized spacial score (nSPS) is 21.3. The summed E-state index contributed by atoms with van der Waals surface area (Å²) in [5.41, 5.74) is 3.73. The summed E-state index contributed by atoms with van der Waals surface area (Å²) >= 11 is 0. The minimum atomic E-state index is -0.0692. The Morgan fingerprint density at radius 1 is 1.03 bits per heavy atom. The van der Waals surface area contributed by atoms with E-state index >= 15 is 0 Å². The fourth-order valence-electron chi connectivity index (χ4n) is 4.11. The van der Waals surface area contributed by atoms with Crippen LogP contribution in [0.25, 0.3) is 6.08 Å². The lowest BCUT2D eigenvalue weighted by atomic mass is 10.1. The zero-order valence-electron chi connectivity index (χ0n) is 18.8. The summed E-state index contributed by atoms with van der Waals surface area (Å²) in [5, 5.41) is 0. The molecular weight excluding hydrogens is 386 g/mol. The number of likely N-dealkylation sites (N-methyl/N-ethyl adjacent to an activating group) is 1. The van der Waals surface area contributed by atoms with E-state index in [0.29, 0.717) is 12.1 Å². The Labute approximate surface area is 186 Å². The molecule has 0 bridgehead atoms. The van der Waals surface area contributed by atoms with Gasteiger partial charge < -0.3 is 9.21 Å². The van der Waals surface area contributed by atoms with Gasteiger partial charge in [0.1, 0.15) is 0 Å². The lowest BCUT2D eigenvalue weighted by molar-refractivity contribution is 0.0604. The van der Waals surface area contributed by atoms with Crippen molar-refractivity contribution in [1.82, 2.24) is 9.80 Å². The number of nitrogens with zero attached hydrogens (tertiary/aromatic N) is 3. The molecule has 4 heteroatoms. The summed E-state index contributed by atoms with van der Waals surface area (Å²) in [4.78, 5) is 5.13. The third kappa shape index (κ3) is 6.07. The lowest BCUT2D eigenvalue weighted by Crippen LogP contribution is -2.55. The van der Waals surface area contributed by atoms with Crippen LogP contribution in [-0.2, 0) is 6.54 Å².